The average molecular weight is 2120 g/mol. The number of methoxy groups -OCH3 is 7. The molecule has 0 fully saturated rings. The van der Waals surface area contributed by atoms with Crippen molar-refractivity contribution >= 4 is 230 Å². The predicted octanol–water partition coefficient (Wildman–Crippen LogP) is 21.8. The second-order valence-corrected chi connectivity index (χ2v) is 41.1. The van der Waals surface area contributed by atoms with Gasteiger partial charge in [-0.3, -0.25) is 33.3 Å². The van der Waals surface area contributed by atoms with Gasteiger partial charge in [-0.05, 0) is 171 Å². The molecule has 11 aromatic carbocycles. The van der Waals surface area contributed by atoms with Gasteiger partial charge in [0.2, 0.25) is 0 Å². The number of nitrogen functional groups attached to an aromatic ring is 1. The molecule has 4 aromatic heterocycles. The van der Waals surface area contributed by atoms with Crippen molar-refractivity contribution in [3.05, 3.63) is 227 Å². The molecule has 45 heteroatoms. The summed E-state index contributed by atoms with van der Waals surface area (Å²) in [6.45, 7) is 10.9. The second kappa shape index (κ2) is 45.7. The number of fused-ring (bicyclic) bond motifs is 4. The van der Waals surface area contributed by atoms with E-state index in [9.17, 15) is 44.4 Å². The number of sulfonamides is 3. The van der Waals surface area contributed by atoms with Crippen LogP contribution in [0, 0.1) is 41.5 Å². The molecule has 34 nitrogen and oxygen atoms in total. The third-order valence-corrected chi connectivity index (χ3v) is 31.2. The number of benzene rings is 11. The molecular formula is C95H94Cl4N12O22S7. The minimum Gasteiger partial charge on any atom is -0.493 e. The molecule has 0 aliphatic carbocycles. The molecule has 0 amide bonds. The van der Waals surface area contributed by atoms with Gasteiger partial charge in [0.05, 0.1) is 137 Å². The van der Waals surface area contributed by atoms with Gasteiger partial charge in [0.25, 0.3) is 30.1 Å². The van der Waals surface area contributed by atoms with Gasteiger partial charge in [-0.2, -0.15) is 0 Å². The maximum absolute atomic E-state index is 13.5. The minimum absolute atomic E-state index is 0.0354. The van der Waals surface area contributed by atoms with Crippen LogP contribution in [0.1, 0.15) is 55.6 Å². The Bertz CT molecular complexity index is 7410. The molecule has 15 aromatic rings. The summed E-state index contributed by atoms with van der Waals surface area (Å²) in [7, 11) is 4.73. The molecule has 0 atom stereocenters. The van der Waals surface area contributed by atoms with Gasteiger partial charge >= 0.3 is 23.9 Å². The van der Waals surface area contributed by atoms with Crippen molar-refractivity contribution < 1.29 is 102 Å². The predicted molar refractivity (Wildman–Crippen MR) is 552 cm³/mol. The summed E-state index contributed by atoms with van der Waals surface area (Å²) in [5.41, 5.74) is 16.5. The van der Waals surface area contributed by atoms with E-state index in [1.54, 1.807) is 170 Å². The molecule has 0 saturated heterocycles. The number of aryl methyl sites for hydroxylation is 6. The lowest BCUT2D eigenvalue weighted by Crippen LogP contribution is -2.15. The monoisotopic (exact) mass is 2120 g/mol. The fraction of sp³-hybridized carbons (Fsp3) is 0.221. The molecule has 4 heterocycles. The highest BCUT2D eigenvalue weighted by atomic mass is 35.5. The highest BCUT2D eigenvalue weighted by molar-refractivity contribution is 7.93. The summed E-state index contributed by atoms with van der Waals surface area (Å²) < 4.78 is 152. The molecule has 0 radical (unpaired) electrons. The summed E-state index contributed by atoms with van der Waals surface area (Å²) in [5, 5.41) is 24.7. The number of nitrogens with two attached hydrogens (primary N) is 1. The number of esters is 3. The fourth-order valence-electron chi connectivity index (χ4n) is 14.0. The van der Waals surface area contributed by atoms with E-state index in [4.69, 9.17) is 105 Å². The molecular weight excluding hydrogens is 2030 g/mol. The fourth-order valence-corrected chi connectivity index (χ4v) is 22.6. The van der Waals surface area contributed by atoms with Crippen molar-refractivity contribution in [2.45, 2.75) is 81.9 Å². The van der Waals surface area contributed by atoms with Crippen LogP contribution in [0.2, 0.25) is 20.1 Å². The SMILES string of the molecule is CNc1nc2ccc(Oc3cc(Cl)c(CC(=O)O)cc3OC)c(NS(=O)(=O)c3ccc(C)cc3C)c2s1.CNc1nc2ccc(Oc3cc(Cl)c(CC(=O)OC)cc3OC)c(N)c2s1.CNc1nc2ccc(Oc3cc(Cl)c(CC(=O)OC)cc3OC)c(NS(=O)(=O)c3ccc(C)cc3C)c2s1.CNc1nc2ccc(Oc3cc(Cl)c(CC(=O)OC)cc3OC)c(NS(=O)(=O)c3ccc(C)cc3C)c2s1. The third kappa shape index (κ3) is 24.9. The van der Waals surface area contributed by atoms with Crippen LogP contribution in [0.4, 0.5) is 43.3 Å². The van der Waals surface area contributed by atoms with E-state index in [1.807, 2.05) is 26.8 Å². The molecule has 736 valence electrons. The number of nitrogens with zero attached hydrogens (tertiary/aromatic N) is 4. The smallest absolute Gasteiger partial charge is 0.310 e. The molecule has 140 heavy (non-hydrogen) atoms. The number of hydrogen-bond acceptors (Lipinski definition) is 34. The van der Waals surface area contributed by atoms with Crippen LogP contribution >= 0.6 is 91.8 Å². The first-order valence-corrected chi connectivity index (χ1v) is 50.9. The summed E-state index contributed by atoms with van der Waals surface area (Å²) in [4.78, 5) is 64.6. The summed E-state index contributed by atoms with van der Waals surface area (Å²) in [5.74, 6) is 1.04. The number of carbonyl (C=O) groups excluding carboxylic acids is 3. The number of anilines is 8. The second-order valence-electron chi connectivity index (χ2n) is 30.5. The van der Waals surface area contributed by atoms with Crippen molar-refractivity contribution in [3.8, 4) is 69.0 Å². The van der Waals surface area contributed by atoms with Gasteiger partial charge in [-0.25, -0.2) is 45.2 Å². The standard InChI is InChI=1S/2C26H26ClN3O6S2.C25H24ClN3O6S2.C18H18ClN3O4S/c2*1-14-6-9-22(15(2)10-14)38(32,33)30-24-19(8-7-18-25(24)37-26(28-3)29-18)36-21-13-17(27)16(11-20(21)34-4)12-23(31)35-5;1-13-5-8-21(14(2)9-13)37(32,33)29-23-18(7-6-17-24(23)36-25(27-3)28-17)35-20-12-16(26)15(11-22(30)31)10-19(20)34-4;1-21-18-22-11-4-5-12(16(20)17(11)27-18)26-14-8-10(19)9(6-13(14)24-2)7-15(23)25-3/h2*6-11,13,30H,12H2,1-5H3,(H,28,29);5-10,12,29H,11H2,1-4H3,(H,27,28)(H,30,31);4-6,8H,7,20H2,1-3H3,(H,21,22). The Kier molecular flexibility index (Phi) is 34.5. The number of halogens is 4. The van der Waals surface area contributed by atoms with Gasteiger partial charge < -0.3 is 84.2 Å². The van der Waals surface area contributed by atoms with E-state index in [-0.39, 0.29) is 113 Å². The molecule has 15 rings (SSSR count). The Morgan fingerprint density at radius 3 is 0.814 bits per heavy atom. The van der Waals surface area contributed by atoms with Gasteiger partial charge in [-0.15, -0.1) is 0 Å². The Morgan fingerprint density at radius 1 is 0.329 bits per heavy atom. The van der Waals surface area contributed by atoms with E-state index < -0.39 is 53.9 Å². The Balaban J connectivity index is 0.000000168. The van der Waals surface area contributed by atoms with Crippen molar-refractivity contribution in [2.75, 3.05) is 119 Å². The zero-order chi connectivity index (χ0) is 102. The summed E-state index contributed by atoms with van der Waals surface area (Å²) in [6, 6.07) is 41.3. The largest absolute Gasteiger partial charge is 0.493 e. The number of carboxylic acids is 1. The van der Waals surface area contributed by atoms with Crippen LogP contribution in [0.25, 0.3) is 40.9 Å². The minimum atomic E-state index is -4.00. The van der Waals surface area contributed by atoms with Crippen LogP contribution in [0.15, 0.2) is 166 Å². The number of aliphatic carboxylic acids is 1. The van der Waals surface area contributed by atoms with Gasteiger partial charge in [0, 0.05) is 72.5 Å². The lowest BCUT2D eigenvalue weighted by atomic mass is 10.1. The Labute approximate surface area is 842 Å². The van der Waals surface area contributed by atoms with Gasteiger partial charge in [0.1, 0.15) is 17.1 Å². The van der Waals surface area contributed by atoms with Gasteiger partial charge in [-0.1, -0.05) is 145 Å². The summed E-state index contributed by atoms with van der Waals surface area (Å²) >= 11 is 30.7. The molecule has 0 aliphatic rings. The molecule has 0 saturated carbocycles. The number of carbonyl (C=O) groups is 4. The number of aromatic nitrogens is 4. The third-order valence-electron chi connectivity index (χ3n) is 20.8. The van der Waals surface area contributed by atoms with E-state index in [0.717, 1.165) is 32.0 Å². The number of hydrogen-bond donors (Lipinski definition) is 9. The number of ether oxygens (including phenoxy) is 11. The molecule has 10 N–H and O–H groups in total. The van der Waals surface area contributed by atoms with E-state index >= 15 is 0 Å². The first-order valence-electron chi connectivity index (χ1n) is 41.7. The highest BCUT2D eigenvalue weighted by Crippen LogP contribution is 2.51. The maximum atomic E-state index is 13.5. The Morgan fingerprint density at radius 2 is 0.571 bits per heavy atom. The van der Waals surface area contributed by atoms with Crippen molar-refractivity contribution in [1.29, 1.82) is 0 Å². The number of nitrogens with one attached hydrogen (secondary N) is 7. The quantitative estimate of drug-likeness (QED) is 0.0105. The first-order chi connectivity index (χ1) is 66.6. The number of rotatable bonds is 33. The summed E-state index contributed by atoms with van der Waals surface area (Å²) in [6.07, 6.45) is -0.358. The molecule has 0 unspecified atom stereocenters. The maximum Gasteiger partial charge on any atom is 0.310 e. The van der Waals surface area contributed by atoms with Gasteiger partial charge in [0.15, 0.2) is 89.5 Å². The molecule has 0 bridgehead atoms. The number of thiazole rings is 4. The van der Waals surface area contributed by atoms with E-state index in [1.165, 1.54) is 119 Å². The van der Waals surface area contributed by atoms with Crippen LogP contribution in [-0.2, 0) is 89.1 Å². The number of carboxylic acid groups (broad SMARTS) is 1. The lowest BCUT2D eigenvalue weighted by molar-refractivity contribution is -0.140. The van der Waals surface area contributed by atoms with Crippen molar-refractivity contribution in [3.63, 3.8) is 0 Å². The van der Waals surface area contributed by atoms with Crippen LogP contribution in [-0.4, -0.2) is 152 Å². The zero-order valence-corrected chi connectivity index (χ0v) is 86.8. The average Bonchev–Trinajstić information content (AvgIpc) is 1.51. The van der Waals surface area contributed by atoms with Crippen LogP contribution in [0.5, 0.6) is 69.0 Å². The topological polar surface area (TPSA) is 454 Å². The first kappa shape index (κ1) is 106. The Hall–Kier alpha value is -13.3. The van der Waals surface area contributed by atoms with E-state index in [0.29, 0.717) is 124 Å². The molecule has 0 aliphatic heterocycles. The van der Waals surface area contributed by atoms with E-state index in [2.05, 4.69) is 60.1 Å². The highest BCUT2D eigenvalue weighted by Gasteiger charge is 2.31. The zero-order valence-electron chi connectivity index (χ0n) is 78.0. The molecule has 0 spiro atoms. The van der Waals surface area contributed by atoms with Crippen LogP contribution < -0.4 is 79.1 Å². The van der Waals surface area contributed by atoms with Crippen molar-refractivity contribution in [2.24, 2.45) is 0 Å². The van der Waals surface area contributed by atoms with Crippen molar-refractivity contribution in [1.82, 2.24) is 19.9 Å². The lowest BCUT2D eigenvalue weighted by Gasteiger charge is -2.17. The van der Waals surface area contributed by atoms with Crippen LogP contribution in [0.3, 0.4) is 0 Å². The normalized spacial score (nSPS) is 11.2.